The number of anilines is 1. The van der Waals surface area contributed by atoms with Crippen LogP contribution in [0.5, 0.6) is 5.75 Å². The zero-order valence-electron chi connectivity index (χ0n) is 24.3. The molecule has 0 aliphatic carbocycles. The Morgan fingerprint density at radius 3 is 2.63 bits per heavy atom. The van der Waals surface area contributed by atoms with E-state index in [0.717, 1.165) is 10.9 Å². The van der Waals surface area contributed by atoms with Gasteiger partial charge in [0.15, 0.2) is 23.2 Å². The molecule has 240 valence electrons. The van der Waals surface area contributed by atoms with E-state index >= 15 is 0 Å². The lowest BCUT2D eigenvalue weighted by Gasteiger charge is -2.25. The lowest BCUT2D eigenvalue weighted by molar-refractivity contribution is -0.146. The number of rotatable bonds is 11. The van der Waals surface area contributed by atoms with Crippen molar-refractivity contribution >= 4 is 53.1 Å². The summed E-state index contributed by atoms with van der Waals surface area (Å²) in [6.45, 7) is 0.928. The second kappa shape index (κ2) is 13.3. The molecule has 16 heteroatoms. The number of hydrogen-bond acceptors (Lipinski definition) is 12. The maximum atomic E-state index is 14.3. The first-order chi connectivity index (χ1) is 22.1. The van der Waals surface area contributed by atoms with Crippen molar-refractivity contribution in [1.82, 2.24) is 24.6 Å². The number of esters is 1. The number of imidazole rings is 1. The van der Waals surface area contributed by atoms with Gasteiger partial charge in [-0.2, -0.15) is 5.09 Å². The van der Waals surface area contributed by atoms with Gasteiger partial charge >= 0.3 is 13.7 Å². The molecule has 5 N–H and O–H groups in total. The smallest absolute Gasteiger partial charge is 0.459 e. The summed E-state index contributed by atoms with van der Waals surface area (Å²) in [6, 6.07) is 20.4. The van der Waals surface area contributed by atoms with E-state index in [4.69, 9.17) is 35.9 Å². The molecule has 6 atom stereocenters. The van der Waals surface area contributed by atoms with Crippen LogP contribution in [0.25, 0.3) is 21.9 Å². The van der Waals surface area contributed by atoms with E-state index in [2.05, 4.69) is 20.0 Å². The number of halogens is 1. The molecular weight excluding hydrogens is 639 g/mol. The van der Waals surface area contributed by atoms with E-state index in [1.165, 1.54) is 17.8 Å². The molecule has 2 aromatic heterocycles. The number of carbonyl (C=O) groups excluding carboxylic acids is 1. The number of nitrogen functional groups attached to an aromatic ring is 1. The second-order valence-electron chi connectivity index (χ2n) is 10.5. The summed E-state index contributed by atoms with van der Waals surface area (Å²) >= 11 is 6.33. The number of fused-ring (bicyclic) bond motifs is 2. The lowest BCUT2D eigenvalue weighted by Crippen LogP contribution is -2.37. The number of nitrogens with zero attached hydrogens (tertiary/aromatic N) is 4. The number of aromatic nitrogens is 4. The quantitative estimate of drug-likeness (QED) is 0.0904. The van der Waals surface area contributed by atoms with Crippen LogP contribution in [0.15, 0.2) is 79.1 Å². The molecule has 3 heterocycles. The highest BCUT2D eigenvalue weighted by atomic mass is 35.5. The van der Waals surface area contributed by atoms with E-state index in [1.54, 1.807) is 36.4 Å². The van der Waals surface area contributed by atoms with E-state index in [9.17, 15) is 19.6 Å². The van der Waals surface area contributed by atoms with Crippen molar-refractivity contribution < 1.29 is 38.1 Å². The Morgan fingerprint density at radius 1 is 1.09 bits per heavy atom. The minimum absolute atomic E-state index is 0.00444. The second-order valence-corrected chi connectivity index (χ2v) is 12.6. The van der Waals surface area contributed by atoms with Crippen LogP contribution >= 0.6 is 19.3 Å². The van der Waals surface area contributed by atoms with Gasteiger partial charge < -0.3 is 29.9 Å². The van der Waals surface area contributed by atoms with Crippen molar-refractivity contribution in [2.75, 3.05) is 12.3 Å². The third-order valence-corrected chi connectivity index (χ3v) is 9.26. The Morgan fingerprint density at radius 2 is 1.83 bits per heavy atom. The van der Waals surface area contributed by atoms with Gasteiger partial charge in [0.05, 0.1) is 6.61 Å². The van der Waals surface area contributed by atoms with Crippen LogP contribution in [0, 0.1) is 0 Å². The summed E-state index contributed by atoms with van der Waals surface area (Å²) in [6.07, 6.45) is -4.31. The monoisotopic (exact) mass is 668 g/mol. The Labute approximate surface area is 267 Å². The highest BCUT2D eigenvalue weighted by Gasteiger charge is 2.47. The molecule has 1 aliphatic heterocycles. The Bertz CT molecular complexity index is 1910. The standard InChI is InChI=1S/C30H30ClN6O8P/c1-17(29(40)42-14-18-8-3-2-4-9-18)36-46(41,45-21-13-7-11-19-10-5-6-12-20(19)21)43-15-22-24(38)25(39)28(44-22)37-27-23(35-30(37)31)26(32)33-16-34-27/h2-13,16-17,22,24-25,28,38-39H,14-15H2,1H3,(H,36,41)(H2,32,33,34)/t17-,22?,24?,25?,28?,46?/m0/s1. The van der Waals surface area contributed by atoms with Crippen molar-refractivity contribution in [3.8, 4) is 5.75 Å². The average Bonchev–Trinajstić information content (AvgIpc) is 3.54. The molecule has 1 saturated heterocycles. The zero-order chi connectivity index (χ0) is 32.4. The average molecular weight is 669 g/mol. The zero-order valence-corrected chi connectivity index (χ0v) is 26.0. The molecule has 1 aliphatic rings. The fraction of sp³-hybridized carbons (Fsp3) is 0.267. The van der Waals surface area contributed by atoms with Gasteiger partial charge in [-0.05, 0) is 35.5 Å². The summed E-state index contributed by atoms with van der Waals surface area (Å²) in [5, 5.41) is 25.8. The Balaban J connectivity index is 1.22. The molecule has 0 radical (unpaired) electrons. The number of ether oxygens (including phenoxy) is 2. The third kappa shape index (κ3) is 6.55. The van der Waals surface area contributed by atoms with Gasteiger partial charge in [0.1, 0.15) is 43.0 Å². The van der Waals surface area contributed by atoms with Crippen LogP contribution < -0.4 is 15.3 Å². The van der Waals surface area contributed by atoms with Crippen LogP contribution in [-0.2, 0) is 30.0 Å². The minimum atomic E-state index is -4.39. The van der Waals surface area contributed by atoms with Crippen molar-refractivity contribution in [3.05, 3.63) is 90.0 Å². The van der Waals surface area contributed by atoms with Crippen molar-refractivity contribution in [1.29, 1.82) is 0 Å². The van der Waals surface area contributed by atoms with Gasteiger partial charge in [-0.3, -0.25) is 13.9 Å². The fourth-order valence-corrected chi connectivity index (χ4v) is 6.80. The minimum Gasteiger partial charge on any atom is -0.460 e. The largest absolute Gasteiger partial charge is 0.460 e. The van der Waals surface area contributed by atoms with Crippen molar-refractivity contribution in [2.24, 2.45) is 0 Å². The molecule has 46 heavy (non-hydrogen) atoms. The van der Waals surface area contributed by atoms with E-state index in [-0.39, 0.29) is 34.6 Å². The molecule has 0 saturated carbocycles. The van der Waals surface area contributed by atoms with Gasteiger partial charge in [-0.25, -0.2) is 19.5 Å². The van der Waals surface area contributed by atoms with Crippen LogP contribution in [0.4, 0.5) is 5.82 Å². The topological polar surface area (TPSA) is 193 Å². The van der Waals surface area contributed by atoms with Gasteiger partial charge in [0, 0.05) is 5.39 Å². The number of carbonyl (C=O) groups is 1. The Hall–Kier alpha value is -4.14. The lowest BCUT2D eigenvalue weighted by atomic mass is 10.1. The normalized spacial score (nSPS) is 21.7. The molecule has 5 aromatic rings. The molecular formula is C30H30ClN6O8P. The summed E-state index contributed by atoms with van der Waals surface area (Å²) in [5.41, 5.74) is 7.01. The first-order valence-electron chi connectivity index (χ1n) is 14.2. The summed E-state index contributed by atoms with van der Waals surface area (Å²) in [4.78, 5) is 25.1. The summed E-state index contributed by atoms with van der Waals surface area (Å²) < 4.78 is 38.6. The maximum Gasteiger partial charge on any atom is 0.459 e. The number of nitrogens with two attached hydrogens (primary N) is 1. The van der Waals surface area contributed by atoms with Gasteiger partial charge in [0.25, 0.3) is 0 Å². The number of benzene rings is 3. The van der Waals surface area contributed by atoms with E-state index in [0.29, 0.717) is 5.39 Å². The molecule has 0 bridgehead atoms. The van der Waals surface area contributed by atoms with Crippen LogP contribution in [0.1, 0.15) is 18.7 Å². The SMILES string of the molecule is C[C@H](NP(=O)(OCC1OC(n2c(Cl)nc3c(N)ncnc32)C(O)C1O)Oc1cccc2ccccc12)C(=O)OCc1ccccc1. The number of nitrogens with one attached hydrogen (secondary N) is 1. The van der Waals surface area contributed by atoms with E-state index in [1.807, 2.05) is 36.4 Å². The first kappa shape index (κ1) is 31.8. The molecule has 6 rings (SSSR count). The van der Waals surface area contributed by atoms with Gasteiger partial charge in [0.2, 0.25) is 5.28 Å². The van der Waals surface area contributed by atoms with Crippen molar-refractivity contribution in [2.45, 2.75) is 44.1 Å². The number of aliphatic hydroxyl groups is 2. The maximum absolute atomic E-state index is 14.3. The van der Waals surface area contributed by atoms with Crippen molar-refractivity contribution in [3.63, 3.8) is 0 Å². The molecule has 5 unspecified atom stereocenters. The summed E-state index contributed by atoms with van der Waals surface area (Å²) in [5.74, 6) is -0.421. The predicted octanol–water partition coefficient (Wildman–Crippen LogP) is 3.76. The van der Waals surface area contributed by atoms with Crippen LogP contribution in [-0.4, -0.2) is 66.7 Å². The molecule has 3 aromatic carbocycles. The molecule has 0 amide bonds. The highest BCUT2D eigenvalue weighted by Crippen LogP contribution is 2.48. The molecule has 14 nitrogen and oxygen atoms in total. The number of aliphatic hydroxyl groups excluding tert-OH is 2. The first-order valence-corrected chi connectivity index (χ1v) is 16.1. The third-order valence-electron chi connectivity index (χ3n) is 7.36. The van der Waals surface area contributed by atoms with Crippen LogP contribution in [0.2, 0.25) is 5.28 Å². The Kier molecular flexibility index (Phi) is 9.20. The highest BCUT2D eigenvalue weighted by molar-refractivity contribution is 7.52. The summed E-state index contributed by atoms with van der Waals surface area (Å²) in [7, 11) is -4.39. The predicted molar refractivity (Wildman–Crippen MR) is 168 cm³/mol. The molecule has 0 spiro atoms. The molecule has 1 fully saturated rings. The number of hydrogen-bond donors (Lipinski definition) is 4. The van der Waals surface area contributed by atoms with E-state index < -0.39 is 50.9 Å². The van der Waals surface area contributed by atoms with Crippen LogP contribution in [0.3, 0.4) is 0 Å². The van der Waals surface area contributed by atoms with Gasteiger partial charge in [-0.1, -0.05) is 66.7 Å². The van der Waals surface area contributed by atoms with Gasteiger partial charge in [-0.15, -0.1) is 0 Å². The fourth-order valence-electron chi connectivity index (χ4n) is 5.02.